The molecule has 0 unspecified atom stereocenters. The zero-order chi connectivity index (χ0) is 8.74. The molecule has 0 aliphatic heterocycles. The lowest BCUT2D eigenvalue weighted by Crippen LogP contribution is -1.99. The minimum absolute atomic E-state index is 0.234. The quantitative estimate of drug-likeness (QED) is 0.510. The lowest BCUT2D eigenvalue weighted by molar-refractivity contribution is 0.227. The molecule has 0 fully saturated rings. The van der Waals surface area contributed by atoms with Crippen molar-refractivity contribution in [2.45, 2.75) is 0 Å². The van der Waals surface area contributed by atoms with Gasteiger partial charge in [-0.05, 0) is 0 Å². The van der Waals surface area contributed by atoms with Gasteiger partial charge in [0.2, 0.25) is 0 Å². The van der Waals surface area contributed by atoms with Crippen LogP contribution in [0.3, 0.4) is 0 Å². The van der Waals surface area contributed by atoms with Crippen molar-refractivity contribution in [3.05, 3.63) is 0 Å². The lowest BCUT2D eigenvalue weighted by atomic mass is 10.9. The Morgan fingerprint density at radius 3 is 1.82 bits per heavy atom. The van der Waals surface area contributed by atoms with Crippen LogP contribution in [0.2, 0.25) is 0 Å². The van der Waals surface area contributed by atoms with Crippen LogP contribution in [0.4, 0.5) is 0 Å². The molecule has 0 aromatic rings. The summed E-state index contributed by atoms with van der Waals surface area (Å²) in [6, 6.07) is 0. The zero-order valence-electron chi connectivity index (χ0n) is 6.26. The van der Waals surface area contributed by atoms with Gasteiger partial charge in [-0.2, -0.15) is 0 Å². The predicted octanol–water partition coefficient (Wildman–Crippen LogP) is 2.32. The van der Waals surface area contributed by atoms with Crippen LogP contribution in [0, 0.1) is 0 Å². The summed E-state index contributed by atoms with van der Waals surface area (Å²) < 4.78 is 20.8. The Morgan fingerprint density at radius 2 is 1.55 bits per heavy atom. The molecular formula is C5H11Cl2O3P. The average molecular weight is 221 g/mol. The molecule has 0 aliphatic carbocycles. The fourth-order valence-corrected chi connectivity index (χ4v) is 1.73. The SMILES string of the molecule is CP(=O)(OCCCl)OCCCl. The zero-order valence-corrected chi connectivity index (χ0v) is 8.66. The summed E-state index contributed by atoms with van der Waals surface area (Å²) in [5.74, 6) is 0.615. The maximum absolute atomic E-state index is 11.2. The molecule has 0 saturated heterocycles. The monoisotopic (exact) mass is 220 g/mol. The number of hydrogen-bond donors (Lipinski definition) is 0. The van der Waals surface area contributed by atoms with Crippen LogP contribution in [0.5, 0.6) is 0 Å². The van der Waals surface area contributed by atoms with Gasteiger partial charge in [0.1, 0.15) is 0 Å². The van der Waals surface area contributed by atoms with E-state index in [1.54, 1.807) is 0 Å². The fourth-order valence-electron chi connectivity index (χ4n) is 0.438. The Labute approximate surface area is 76.5 Å². The first kappa shape index (κ1) is 11.7. The number of alkyl halides is 2. The van der Waals surface area contributed by atoms with Gasteiger partial charge in [0, 0.05) is 18.4 Å². The van der Waals surface area contributed by atoms with E-state index < -0.39 is 7.60 Å². The molecule has 0 heterocycles. The van der Waals surface area contributed by atoms with Crippen molar-refractivity contribution in [2.24, 2.45) is 0 Å². The molecule has 6 heteroatoms. The van der Waals surface area contributed by atoms with E-state index in [-0.39, 0.29) is 13.2 Å². The summed E-state index contributed by atoms with van der Waals surface area (Å²) in [5.41, 5.74) is 0. The second-order valence-electron chi connectivity index (χ2n) is 1.82. The minimum atomic E-state index is -2.89. The standard InChI is InChI=1S/C5H11Cl2O3P/c1-11(8,9-4-2-6)10-5-3-7/h2-5H2,1H3. The molecule has 0 aromatic carbocycles. The largest absolute Gasteiger partial charge is 0.327 e. The highest BCUT2D eigenvalue weighted by atomic mass is 35.5. The summed E-state index contributed by atoms with van der Waals surface area (Å²) in [5, 5.41) is 0. The molecule has 0 spiro atoms. The predicted molar refractivity (Wildman–Crippen MR) is 46.9 cm³/mol. The molecule has 0 atom stereocenters. The highest BCUT2D eigenvalue weighted by Crippen LogP contribution is 2.43. The minimum Gasteiger partial charge on any atom is -0.308 e. The van der Waals surface area contributed by atoms with E-state index in [0.29, 0.717) is 11.8 Å². The van der Waals surface area contributed by atoms with E-state index in [9.17, 15) is 4.57 Å². The van der Waals surface area contributed by atoms with Crippen LogP contribution < -0.4 is 0 Å². The van der Waals surface area contributed by atoms with Gasteiger partial charge >= 0.3 is 7.60 Å². The Bertz CT molecular complexity index is 130. The van der Waals surface area contributed by atoms with E-state index >= 15 is 0 Å². The van der Waals surface area contributed by atoms with Crippen molar-refractivity contribution in [3.8, 4) is 0 Å². The molecule has 0 aromatic heterocycles. The van der Waals surface area contributed by atoms with Crippen molar-refractivity contribution in [1.82, 2.24) is 0 Å². The Hall–Kier alpha value is 0.730. The summed E-state index contributed by atoms with van der Waals surface area (Å²) in [6.45, 7) is 1.86. The van der Waals surface area contributed by atoms with Gasteiger partial charge in [0.25, 0.3) is 0 Å². The van der Waals surface area contributed by atoms with E-state index in [4.69, 9.17) is 32.2 Å². The van der Waals surface area contributed by atoms with E-state index in [1.165, 1.54) is 6.66 Å². The molecule has 3 nitrogen and oxygen atoms in total. The smallest absolute Gasteiger partial charge is 0.308 e. The molecule has 0 rings (SSSR count). The van der Waals surface area contributed by atoms with E-state index in [2.05, 4.69) is 0 Å². The molecule has 0 radical (unpaired) electrons. The Morgan fingerprint density at radius 1 is 1.18 bits per heavy atom. The van der Waals surface area contributed by atoms with E-state index in [0.717, 1.165) is 0 Å². The van der Waals surface area contributed by atoms with Crippen molar-refractivity contribution < 1.29 is 13.6 Å². The van der Waals surface area contributed by atoms with Gasteiger partial charge in [0.05, 0.1) is 13.2 Å². The van der Waals surface area contributed by atoms with Crippen LogP contribution >= 0.6 is 30.8 Å². The number of rotatable bonds is 6. The first-order chi connectivity index (χ1) is 5.12. The molecule has 0 saturated carbocycles. The van der Waals surface area contributed by atoms with Gasteiger partial charge < -0.3 is 9.05 Å². The van der Waals surface area contributed by atoms with Crippen LogP contribution in [0.15, 0.2) is 0 Å². The third kappa shape index (κ3) is 7.10. The average Bonchev–Trinajstić information content (AvgIpc) is 1.97. The van der Waals surface area contributed by atoms with Gasteiger partial charge in [0.15, 0.2) is 0 Å². The first-order valence-electron chi connectivity index (χ1n) is 3.11. The van der Waals surface area contributed by atoms with E-state index in [1.807, 2.05) is 0 Å². The molecule has 0 aliphatic rings. The second-order valence-corrected chi connectivity index (χ2v) is 4.63. The van der Waals surface area contributed by atoms with Crippen LogP contribution in [0.1, 0.15) is 0 Å². The normalized spacial score (nSPS) is 11.9. The number of halogens is 2. The topological polar surface area (TPSA) is 35.5 Å². The first-order valence-corrected chi connectivity index (χ1v) is 6.17. The van der Waals surface area contributed by atoms with Crippen molar-refractivity contribution in [2.75, 3.05) is 31.6 Å². The molecule has 0 N–H and O–H groups in total. The van der Waals surface area contributed by atoms with Gasteiger partial charge in [-0.15, -0.1) is 23.2 Å². The second kappa shape index (κ2) is 6.27. The van der Waals surface area contributed by atoms with Crippen molar-refractivity contribution in [1.29, 1.82) is 0 Å². The lowest BCUT2D eigenvalue weighted by Gasteiger charge is -2.11. The summed E-state index contributed by atoms with van der Waals surface area (Å²) >= 11 is 10.6. The van der Waals surface area contributed by atoms with Crippen molar-refractivity contribution >= 4 is 30.8 Å². The molecule has 11 heavy (non-hydrogen) atoms. The van der Waals surface area contributed by atoms with Crippen LogP contribution in [0.25, 0.3) is 0 Å². The van der Waals surface area contributed by atoms with Gasteiger partial charge in [-0.3, -0.25) is 4.57 Å². The molecule has 0 bridgehead atoms. The maximum Gasteiger partial charge on any atom is 0.327 e. The number of hydrogen-bond acceptors (Lipinski definition) is 3. The molecule has 0 amide bonds. The highest BCUT2D eigenvalue weighted by molar-refractivity contribution is 7.52. The van der Waals surface area contributed by atoms with Crippen molar-refractivity contribution in [3.63, 3.8) is 0 Å². The summed E-state index contributed by atoms with van der Waals surface area (Å²) in [6.07, 6.45) is 0. The summed E-state index contributed by atoms with van der Waals surface area (Å²) in [7, 11) is -2.89. The third-order valence-electron chi connectivity index (χ3n) is 0.806. The maximum atomic E-state index is 11.2. The van der Waals surface area contributed by atoms with Gasteiger partial charge in [-0.1, -0.05) is 0 Å². The highest BCUT2D eigenvalue weighted by Gasteiger charge is 2.15. The molecular weight excluding hydrogens is 210 g/mol. The van der Waals surface area contributed by atoms with Crippen LogP contribution in [-0.2, 0) is 13.6 Å². The summed E-state index contributed by atoms with van der Waals surface area (Å²) in [4.78, 5) is 0. The van der Waals surface area contributed by atoms with Gasteiger partial charge in [-0.25, -0.2) is 0 Å². The molecule has 68 valence electrons. The fraction of sp³-hybridized carbons (Fsp3) is 1.00. The Balaban J connectivity index is 3.53. The Kier molecular flexibility index (Phi) is 6.68. The van der Waals surface area contributed by atoms with Crippen LogP contribution in [-0.4, -0.2) is 31.6 Å². The third-order valence-corrected chi connectivity index (χ3v) is 2.42.